The van der Waals surface area contributed by atoms with E-state index in [1.54, 1.807) is 13.0 Å². The molecule has 2 aromatic rings. The predicted molar refractivity (Wildman–Crippen MR) is 96.4 cm³/mol. The molecule has 0 saturated heterocycles. The van der Waals surface area contributed by atoms with E-state index >= 15 is 0 Å². The summed E-state index contributed by atoms with van der Waals surface area (Å²) in [7, 11) is 0. The first kappa shape index (κ1) is 18.1. The molecule has 0 bridgehead atoms. The summed E-state index contributed by atoms with van der Waals surface area (Å²) in [6.45, 7) is 1.66. The highest BCUT2D eigenvalue weighted by Crippen LogP contribution is 2.29. The van der Waals surface area contributed by atoms with Gasteiger partial charge in [-0.05, 0) is 18.1 Å². The van der Waals surface area contributed by atoms with Crippen LogP contribution in [0, 0.1) is 10.1 Å². The number of urea groups is 1. The number of allylic oxidation sites excluding steroid dienone is 1. The maximum absolute atomic E-state index is 12.7. The molecule has 2 amide bonds. The molecule has 1 atom stereocenters. The molecular weight excluding hydrogens is 350 g/mol. The minimum atomic E-state index is -0.845. The summed E-state index contributed by atoms with van der Waals surface area (Å²) in [6.07, 6.45) is 0. The van der Waals surface area contributed by atoms with E-state index in [0.29, 0.717) is 11.3 Å². The summed E-state index contributed by atoms with van der Waals surface area (Å²) in [4.78, 5) is 35.1. The molecule has 0 spiro atoms. The Morgan fingerprint density at radius 2 is 1.93 bits per heavy atom. The number of carbonyl (C=O) groups excluding carboxylic acids is 2. The van der Waals surface area contributed by atoms with Crippen LogP contribution in [0.5, 0.6) is 0 Å². The molecule has 2 N–H and O–H groups in total. The van der Waals surface area contributed by atoms with Gasteiger partial charge in [0.1, 0.15) is 6.61 Å². The second-order valence-corrected chi connectivity index (χ2v) is 5.98. The number of nitrogens with one attached hydrogen (secondary N) is 2. The molecule has 1 aliphatic heterocycles. The number of benzene rings is 2. The maximum Gasteiger partial charge on any atom is 0.338 e. The Hall–Kier alpha value is -3.68. The number of amides is 2. The van der Waals surface area contributed by atoms with Crippen molar-refractivity contribution in [3.05, 3.63) is 87.1 Å². The number of nitro groups is 1. The fourth-order valence-electron chi connectivity index (χ4n) is 2.83. The molecule has 1 aliphatic rings. The number of hydrogen-bond acceptors (Lipinski definition) is 5. The Morgan fingerprint density at radius 3 is 2.63 bits per heavy atom. The summed E-state index contributed by atoms with van der Waals surface area (Å²) in [6, 6.07) is 13.6. The van der Waals surface area contributed by atoms with Gasteiger partial charge in [-0.15, -0.1) is 0 Å². The minimum Gasteiger partial charge on any atom is -0.457 e. The first-order chi connectivity index (χ1) is 13.0. The van der Waals surface area contributed by atoms with Crippen molar-refractivity contribution in [1.82, 2.24) is 10.6 Å². The number of non-ortho nitro benzene ring substituents is 1. The third-order valence-electron chi connectivity index (χ3n) is 4.12. The van der Waals surface area contributed by atoms with Gasteiger partial charge in [-0.25, -0.2) is 9.59 Å². The van der Waals surface area contributed by atoms with Crippen molar-refractivity contribution in [3.8, 4) is 0 Å². The monoisotopic (exact) mass is 367 g/mol. The molecule has 3 rings (SSSR count). The van der Waals surface area contributed by atoms with Crippen LogP contribution in [-0.4, -0.2) is 16.9 Å². The van der Waals surface area contributed by atoms with Gasteiger partial charge in [0.15, 0.2) is 0 Å². The van der Waals surface area contributed by atoms with Gasteiger partial charge in [-0.2, -0.15) is 0 Å². The lowest BCUT2D eigenvalue weighted by atomic mass is 9.95. The fraction of sp³-hybridized carbons (Fsp3) is 0.158. The van der Waals surface area contributed by atoms with Gasteiger partial charge in [0, 0.05) is 17.8 Å². The number of ether oxygens (including phenoxy) is 1. The summed E-state index contributed by atoms with van der Waals surface area (Å²) < 4.78 is 5.38. The van der Waals surface area contributed by atoms with Crippen LogP contribution in [0.2, 0.25) is 0 Å². The molecule has 8 heteroatoms. The standard InChI is InChI=1S/C19H17N3O5/c1-12-16(18(23)27-11-13-6-3-2-4-7-13)17(21-19(24)20-12)14-8-5-9-15(10-14)22(25)26/h2-10,17H,11H2,1H3,(H2,20,21,24)/t17-/m1/s1. The minimum absolute atomic E-state index is 0.0755. The van der Waals surface area contributed by atoms with Gasteiger partial charge in [0.2, 0.25) is 0 Å². The number of nitro benzene ring substituents is 1. The van der Waals surface area contributed by atoms with E-state index in [-0.39, 0.29) is 17.9 Å². The van der Waals surface area contributed by atoms with Crippen LogP contribution in [0.1, 0.15) is 24.1 Å². The molecule has 2 aromatic carbocycles. The van der Waals surface area contributed by atoms with E-state index < -0.39 is 23.0 Å². The lowest BCUT2D eigenvalue weighted by molar-refractivity contribution is -0.384. The van der Waals surface area contributed by atoms with Crippen LogP contribution in [0.25, 0.3) is 0 Å². The first-order valence-electron chi connectivity index (χ1n) is 8.19. The topological polar surface area (TPSA) is 111 Å². The Balaban J connectivity index is 1.88. The molecule has 0 aromatic heterocycles. The fourth-order valence-corrected chi connectivity index (χ4v) is 2.83. The number of rotatable bonds is 5. The smallest absolute Gasteiger partial charge is 0.338 e. The van der Waals surface area contributed by atoms with E-state index in [1.165, 1.54) is 18.2 Å². The van der Waals surface area contributed by atoms with E-state index in [0.717, 1.165) is 5.56 Å². The quantitative estimate of drug-likeness (QED) is 0.479. The Bertz CT molecular complexity index is 924. The van der Waals surface area contributed by atoms with Crippen molar-refractivity contribution in [3.63, 3.8) is 0 Å². The summed E-state index contributed by atoms with van der Waals surface area (Å²) in [5.74, 6) is -0.611. The van der Waals surface area contributed by atoms with Crippen molar-refractivity contribution < 1.29 is 19.2 Å². The van der Waals surface area contributed by atoms with E-state index in [9.17, 15) is 19.7 Å². The summed E-state index contributed by atoms with van der Waals surface area (Å²) in [5.41, 5.74) is 1.66. The highest BCUT2D eigenvalue weighted by molar-refractivity contribution is 5.95. The van der Waals surface area contributed by atoms with Crippen molar-refractivity contribution in [2.45, 2.75) is 19.6 Å². The molecule has 0 saturated carbocycles. The third kappa shape index (κ3) is 4.12. The zero-order valence-electron chi connectivity index (χ0n) is 14.5. The van der Waals surface area contributed by atoms with Gasteiger partial charge in [0.05, 0.1) is 16.5 Å². The highest BCUT2D eigenvalue weighted by atomic mass is 16.6. The zero-order valence-corrected chi connectivity index (χ0v) is 14.5. The summed E-state index contributed by atoms with van der Waals surface area (Å²) in [5, 5.41) is 16.2. The average Bonchev–Trinajstić information content (AvgIpc) is 2.66. The van der Waals surface area contributed by atoms with Crippen LogP contribution in [0.15, 0.2) is 65.9 Å². The van der Waals surface area contributed by atoms with Crippen molar-refractivity contribution >= 4 is 17.7 Å². The van der Waals surface area contributed by atoms with Crippen molar-refractivity contribution in [1.29, 1.82) is 0 Å². The lowest BCUT2D eigenvalue weighted by Gasteiger charge is -2.28. The van der Waals surface area contributed by atoms with Crippen LogP contribution >= 0.6 is 0 Å². The van der Waals surface area contributed by atoms with Crippen molar-refractivity contribution in [2.24, 2.45) is 0 Å². The SMILES string of the molecule is CC1=C(C(=O)OCc2ccccc2)[C@@H](c2cccc([N+](=O)[O-])c2)NC(=O)N1. The molecule has 0 radical (unpaired) electrons. The second-order valence-electron chi connectivity index (χ2n) is 5.98. The lowest BCUT2D eigenvalue weighted by Crippen LogP contribution is -2.45. The molecule has 0 unspecified atom stereocenters. The Labute approximate surface area is 155 Å². The zero-order chi connectivity index (χ0) is 19.4. The molecule has 1 heterocycles. The van der Waals surface area contributed by atoms with Crippen LogP contribution in [-0.2, 0) is 16.1 Å². The normalized spacial score (nSPS) is 16.3. The molecule has 27 heavy (non-hydrogen) atoms. The van der Waals surface area contributed by atoms with Crippen LogP contribution < -0.4 is 10.6 Å². The first-order valence-corrected chi connectivity index (χ1v) is 8.19. The van der Waals surface area contributed by atoms with Crippen LogP contribution in [0.3, 0.4) is 0 Å². The predicted octanol–water partition coefficient (Wildman–Crippen LogP) is 2.97. The number of carbonyl (C=O) groups is 2. The van der Waals surface area contributed by atoms with Gasteiger partial charge >= 0.3 is 12.0 Å². The Kier molecular flexibility index (Phi) is 5.16. The molecular formula is C19H17N3O5. The number of nitrogens with zero attached hydrogens (tertiary/aromatic N) is 1. The molecule has 0 aliphatic carbocycles. The maximum atomic E-state index is 12.7. The number of hydrogen-bond donors (Lipinski definition) is 2. The van der Waals surface area contributed by atoms with Gasteiger partial charge in [-0.3, -0.25) is 10.1 Å². The molecule has 8 nitrogen and oxygen atoms in total. The third-order valence-corrected chi connectivity index (χ3v) is 4.12. The largest absolute Gasteiger partial charge is 0.457 e. The van der Waals surface area contributed by atoms with E-state index in [2.05, 4.69) is 10.6 Å². The molecule has 0 fully saturated rings. The van der Waals surface area contributed by atoms with E-state index in [1.807, 2.05) is 30.3 Å². The van der Waals surface area contributed by atoms with Gasteiger partial charge in [0.25, 0.3) is 5.69 Å². The second kappa shape index (κ2) is 7.69. The van der Waals surface area contributed by atoms with Crippen LogP contribution in [0.4, 0.5) is 10.5 Å². The average molecular weight is 367 g/mol. The highest BCUT2D eigenvalue weighted by Gasteiger charge is 2.32. The van der Waals surface area contributed by atoms with E-state index in [4.69, 9.17) is 4.74 Å². The van der Waals surface area contributed by atoms with Crippen molar-refractivity contribution in [2.75, 3.05) is 0 Å². The van der Waals surface area contributed by atoms with Gasteiger partial charge < -0.3 is 15.4 Å². The molecule has 138 valence electrons. The van der Waals surface area contributed by atoms with Gasteiger partial charge in [-0.1, -0.05) is 42.5 Å². The Morgan fingerprint density at radius 1 is 1.19 bits per heavy atom. The summed E-state index contributed by atoms with van der Waals surface area (Å²) >= 11 is 0. The number of esters is 1.